The molecule has 3 rings (SSSR count). The summed E-state index contributed by atoms with van der Waals surface area (Å²) in [5.74, 6) is 0.403. The maximum Gasteiger partial charge on any atom is 0.262 e. The molecule has 1 amide bonds. The van der Waals surface area contributed by atoms with Crippen molar-refractivity contribution in [1.82, 2.24) is 4.31 Å². The van der Waals surface area contributed by atoms with E-state index < -0.39 is 10.0 Å². The molecule has 1 N–H and O–H groups in total. The molecule has 0 bridgehead atoms. The van der Waals surface area contributed by atoms with Crippen molar-refractivity contribution >= 4 is 21.6 Å². The van der Waals surface area contributed by atoms with Gasteiger partial charge in [0.15, 0.2) is 6.61 Å². The van der Waals surface area contributed by atoms with Crippen LogP contribution in [0, 0.1) is 0 Å². The van der Waals surface area contributed by atoms with E-state index >= 15 is 0 Å². The number of anilines is 1. The summed E-state index contributed by atoms with van der Waals surface area (Å²) in [6.45, 7) is 3.06. The number of ether oxygens (including phenoxy) is 1. The molecule has 0 radical (unpaired) electrons. The summed E-state index contributed by atoms with van der Waals surface area (Å²) in [5.41, 5.74) is 1.58. The summed E-state index contributed by atoms with van der Waals surface area (Å²) in [6, 6.07) is 13.9. The summed E-state index contributed by atoms with van der Waals surface area (Å²) in [4.78, 5) is 12.4. The first-order valence-electron chi connectivity index (χ1n) is 9.61. The number of carbonyl (C=O) groups is 1. The van der Waals surface area contributed by atoms with E-state index in [9.17, 15) is 13.2 Å². The predicted octanol–water partition coefficient (Wildman–Crippen LogP) is 3.44. The highest BCUT2D eigenvalue weighted by atomic mass is 32.2. The fourth-order valence-electron chi connectivity index (χ4n) is 3.24. The number of nitrogens with zero attached hydrogens (tertiary/aromatic N) is 1. The summed E-state index contributed by atoms with van der Waals surface area (Å²) in [5, 5.41) is 2.74. The zero-order valence-corrected chi connectivity index (χ0v) is 16.9. The maximum atomic E-state index is 12.7. The molecule has 6 nitrogen and oxygen atoms in total. The Morgan fingerprint density at radius 2 is 1.71 bits per heavy atom. The van der Waals surface area contributed by atoms with Gasteiger partial charge in [-0.1, -0.05) is 31.5 Å². The van der Waals surface area contributed by atoms with Crippen molar-refractivity contribution in [3.8, 4) is 5.75 Å². The minimum atomic E-state index is -3.47. The van der Waals surface area contributed by atoms with Crippen LogP contribution in [0.1, 0.15) is 31.7 Å². The Hall–Kier alpha value is -2.38. The first-order chi connectivity index (χ1) is 13.5. The normalized spacial score (nSPS) is 15.2. The minimum Gasteiger partial charge on any atom is -0.483 e. The molecule has 7 heteroatoms. The Balaban J connectivity index is 1.58. The Labute approximate surface area is 166 Å². The fourth-order valence-corrected chi connectivity index (χ4v) is 4.76. The van der Waals surface area contributed by atoms with Crippen molar-refractivity contribution in [3.63, 3.8) is 0 Å². The van der Waals surface area contributed by atoms with Crippen LogP contribution in [0.25, 0.3) is 0 Å². The molecule has 1 aliphatic rings. The number of para-hydroxylation sites is 1. The zero-order chi connectivity index (χ0) is 20.0. The van der Waals surface area contributed by atoms with E-state index in [0.29, 0.717) is 24.5 Å². The molecule has 28 heavy (non-hydrogen) atoms. The van der Waals surface area contributed by atoms with Crippen molar-refractivity contribution in [3.05, 3.63) is 54.1 Å². The SMILES string of the molecule is CCc1ccccc1OCC(=O)Nc1ccc(S(=O)(=O)N2CCCCC2)cc1. The number of sulfonamides is 1. The van der Waals surface area contributed by atoms with Gasteiger partial charge in [-0.2, -0.15) is 4.31 Å². The molecule has 150 valence electrons. The number of nitrogens with one attached hydrogen (secondary N) is 1. The predicted molar refractivity (Wildman–Crippen MR) is 109 cm³/mol. The molecular weight excluding hydrogens is 376 g/mol. The lowest BCUT2D eigenvalue weighted by atomic mass is 10.1. The number of benzene rings is 2. The van der Waals surface area contributed by atoms with E-state index in [2.05, 4.69) is 5.32 Å². The van der Waals surface area contributed by atoms with Gasteiger partial charge in [-0.3, -0.25) is 4.79 Å². The molecule has 2 aromatic carbocycles. The largest absolute Gasteiger partial charge is 0.483 e. The van der Waals surface area contributed by atoms with Gasteiger partial charge >= 0.3 is 0 Å². The van der Waals surface area contributed by atoms with E-state index in [4.69, 9.17) is 4.74 Å². The minimum absolute atomic E-state index is 0.106. The van der Waals surface area contributed by atoms with Crippen molar-refractivity contribution in [2.24, 2.45) is 0 Å². The molecule has 0 unspecified atom stereocenters. The van der Waals surface area contributed by atoms with E-state index in [-0.39, 0.29) is 17.4 Å². The first-order valence-corrected chi connectivity index (χ1v) is 11.1. The molecule has 0 aliphatic carbocycles. The zero-order valence-electron chi connectivity index (χ0n) is 16.1. The van der Waals surface area contributed by atoms with Crippen LogP contribution in [0.4, 0.5) is 5.69 Å². The van der Waals surface area contributed by atoms with Gasteiger partial charge in [-0.25, -0.2) is 8.42 Å². The third kappa shape index (κ3) is 4.91. The lowest BCUT2D eigenvalue weighted by molar-refractivity contribution is -0.118. The van der Waals surface area contributed by atoms with Crippen molar-refractivity contribution in [1.29, 1.82) is 0 Å². The summed E-state index contributed by atoms with van der Waals surface area (Å²) in [6.07, 6.45) is 3.69. The van der Waals surface area contributed by atoms with Crippen molar-refractivity contribution < 1.29 is 17.9 Å². The molecule has 2 aromatic rings. The third-order valence-corrected chi connectivity index (χ3v) is 6.72. The Morgan fingerprint density at radius 1 is 1.04 bits per heavy atom. The van der Waals surface area contributed by atoms with Crippen LogP contribution in [0.3, 0.4) is 0 Å². The van der Waals surface area contributed by atoms with Crippen LogP contribution in [0.5, 0.6) is 5.75 Å². The second kappa shape index (κ2) is 9.21. The van der Waals surface area contributed by atoms with Crippen molar-refractivity contribution in [2.75, 3.05) is 25.0 Å². The monoisotopic (exact) mass is 402 g/mol. The highest BCUT2D eigenvalue weighted by Crippen LogP contribution is 2.22. The van der Waals surface area contributed by atoms with Crippen LogP contribution < -0.4 is 10.1 Å². The smallest absolute Gasteiger partial charge is 0.262 e. The average molecular weight is 403 g/mol. The van der Waals surface area contributed by atoms with E-state index in [1.165, 1.54) is 16.4 Å². The van der Waals surface area contributed by atoms with Gasteiger partial charge in [0.05, 0.1) is 4.90 Å². The molecule has 1 saturated heterocycles. The average Bonchev–Trinajstić information content (AvgIpc) is 2.73. The number of rotatable bonds is 7. The van der Waals surface area contributed by atoms with Crippen LogP contribution >= 0.6 is 0 Å². The fraction of sp³-hybridized carbons (Fsp3) is 0.381. The van der Waals surface area contributed by atoms with E-state index in [1.54, 1.807) is 12.1 Å². The number of amides is 1. The van der Waals surface area contributed by atoms with Gasteiger partial charge in [-0.05, 0) is 55.2 Å². The Morgan fingerprint density at radius 3 is 2.39 bits per heavy atom. The molecule has 0 aromatic heterocycles. The lowest BCUT2D eigenvalue weighted by Crippen LogP contribution is -2.35. The highest BCUT2D eigenvalue weighted by molar-refractivity contribution is 7.89. The molecule has 0 spiro atoms. The Kier molecular flexibility index (Phi) is 6.70. The van der Waals surface area contributed by atoms with Crippen LogP contribution in [0.15, 0.2) is 53.4 Å². The van der Waals surface area contributed by atoms with Gasteiger partial charge < -0.3 is 10.1 Å². The lowest BCUT2D eigenvalue weighted by Gasteiger charge is -2.25. The van der Waals surface area contributed by atoms with E-state index in [0.717, 1.165) is 31.2 Å². The highest BCUT2D eigenvalue weighted by Gasteiger charge is 2.25. The molecule has 1 heterocycles. The van der Waals surface area contributed by atoms with Gasteiger partial charge in [0.25, 0.3) is 5.91 Å². The summed E-state index contributed by atoms with van der Waals surface area (Å²) >= 11 is 0. The quantitative estimate of drug-likeness (QED) is 0.770. The molecule has 1 aliphatic heterocycles. The van der Waals surface area contributed by atoms with Crippen LogP contribution in [-0.4, -0.2) is 38.3 Å². The second-order valence-corrected chi connectivity index (χ2v) is 8.73. The van der Waals surface area contributed by atoms with Crippen molar-refractivity contribution in [2.45, 2.75) is 37.5 Å². The molecule has 0 saturated carbocycles. The molecule has 0 atom stereocenters. The third-order valence-electron chi connectivity index (χ3n) is 4.80. The number of piperidine rings is 1. The summed E-state index contributed by atoms with van der Waals surface area (Å²) < 4.78 is 32.5. The van der Waals surface area contributed by atoms with Crippen LogP contribution in [-0.2, 0) is 21.2 Å². The van der Waals surface area contributed by atoms with Crippen LogP contribution in [0.2, 0.25) is 0 Å². The van der Waals surface area contributed by atoms with E-state index in [1.807, 2.05) is 31.2 Å². The number of carbonyl (C=O) groups excluding carboxylic acids is 1. The van der Waals surface area contributed by atoms with Gasteiger partial charge in [0.1, 0.15) is 5.75 Å². The number of hydrogen-bond donors (Lipinski definition) is 1. The van der Waals surface area contributed by atoms with Gasteiger partial charge in [0.2, 0.25) is 10.0 Å². The standard InChI is InChI=1S/C21H26N2O4S/c1-2-17-8-4-5-9-20(17)27-16-21(24)22-18-10-12-19(13-11-18)28(25,26)23-14-6-3-7-15-23/h4-5,8-13H,2-3,6-7,14-16H2,1H3,(H,22,24). The second-order valence-electron chi connectivity index (χ2n) is 6.79. The first kappa shape index (κ1) is 20.4. The number of aryl methyl sites for hydroxylation is 1. The number of hydrogen-bond acceptors (Lipinski definition) is 4. The van der Waals surface area contributed by atoms with Gasteiger partial charge in [-0.15, -0.1) is 0 Å². The summed E-state index contributed by atoms with van der Waals surface area (Å²) in [7, 11) is -3.47. The Bertz CT molecular complexity index is 904. The molecule has 1 fully saturated rings. The topological polar surface area (TPSA) is 75.7 Å². The van der Waals surface area contributed by atoms with Gasteiger partial charge in [0, 0.05) is 18.8 Å². The maximum absolute atomic E-state index is 12.7. The molecular formula is C21H26N2O4S.